The number of ether oxygens (including phenoxy) is 2. The number of fused-ring (bicyclic) bond motifs is 1. The Labute approximate surface area is 149 Å². The van der Waals surface area contributed by atoms with Crippen molar-refractivity contribution in [3.8, 4) is 11.5 Å². The van der Waals surface area contributed by atoms with Crippen LogP contribution in [-0.2, 0) is 0 Å². The van der Waals surface area contributed by atoms with Gasteiger partial charge >= 0.3 is 0 Å². The van der Waals surface area contributed by atoms with E-state index in [0.717, 1.165) is 0 Å². The Morgan fingerprint density at radius 2 is 1.83 bits per heavy atom. The molecule has 5 nitrogen and oxygen atoms in total. The van der Waals surface area contributed by atoms with Gasteiger partial charge in [-0.3, -0.25) is 4.79 Å². The third-order valence-electron chi connectivity index (χ3n) is 3.61. The maximum atomic E-state index is 12.1. The van der Waals surface area contributed by atoms with Gasteiger partial charge in [-0.15, -0.1) is 0 Å². The summed E-state index contributed by atoms with van der Waals surface area (Å²) in [7, 11) is 0. The van der Waals surface area contributed by atoms with E-state index in [9.17, 15) is 9.90 Å². The van der Waals surface area contributed by atoms with Crippen LogP contribution in [0, 0.1) is 0 Å². The van der Waals surface area contributed by atoms with Gasteiger partial charge in [0.25, 0.3) is 5.91 Å². The molecular formula is C17H15Cl2NO4. The van der Waals surface area contributed by atoms with Gasteiger partial charge in [0.15, 0.2) is 11.5 Å². The first kappa shape index (κ1) is 16.9. The number of carbonyl (C=O) groups is 1. The molecular weight excluding hydrogens is 353 g/mol. The molecule has 126 valence electrons. The van der Waals surface area contributed by atoms with Gasteiger partial charge in [0, 0.05) is 22.2 Å². The van der Waals surface area contributed by atoms with E-state index in [2.05, 4.69) is 5.32 Å². The summed E-state index contributed by atoms with van der Waals surface area (Å²) in [6, 6.07) is 9.91. The van der Waals surface area contributed by atoms with E-state index in [4.69, 9.17) is 32.7 Å². The van der Waals surface area contributed by atoms with E-state index >= 15 is 0 Å². The van der Waals surface area contributed by atoms with Crippen LogP contribution in [0.15, 0.2) is 36.4 Å². The van der Waals surface area contributed by atoms with Crippen LogP contribution >= 0.6 is 23.2 Å². The zero-order chi connectivity index (χ0) is 17.1. The molecule has 0 saturated heterocycles. The van der Waals surface area contributed by atoms with Crippen LogP contribution in [0.5, 0.6) is 11.5 Å². The van der Waals surface area contributed by atoms with Crippen molar-refractivity contribution in [3.05, 3.63) is 57.6 Å². The molecule has 1 aliphatic heterocycles. The van der Waals surface area contributed by atoms with Crippen molar-refractivity contribution in [1.82, 2.24) is 5.32 Å². The SMILES string of the molecule is O=C(NCCC(O)c1ccc2c(c1)OCO2)c1cc(Cl)cc(Cl)c1. The molecule has 0 spiro atoms. The van der Waals surface area contributed by atoms with Gasteiger partial charge < -0.3 is 19.9 Å². The molecule has 24 heavy (non-hydrogen) atoms. The van der Waals surface area contributed by atoms with Crippen LogP contribution in [0.4, 0.5) is 0 Å². The van der Waals surface area contributed by atoms with E-state index in [0.29, 0.717) is 45.6 Å². The summed E-state index contributed by atoms with van der Waals surface area (Å²) in [5.41, 5.74) is 1.09. The maximum absolute atomic E-state index is 12.1. The fourth-order valence-electron chi connectivity index (χ4n) is 2.40. The first-order chi connectivity index (χ1) is 11.5. The highest BCUT2D eigenvalue weighted by Gasteiger charge is 2.17. The highest BCUT2D eigenvalue weighted by Crippen LogP contribution is 2.34. The number of aliphatic hydroxyl groups is 1. The normalized spacial score (nSPS) is 13.6. The van der Waals surface area contributed by atoms with Crippen molar-refractivity contribution in [3.63, 3.8) is 0 Å². The molecule has 0 saturated carbocycles. The van der Waals surface area contributed by atoms with Gasteiger partial charge in [0.1, 0.15) is 0 Å². The molecule has 2 aromatic rings. The summed E-state index contributed by atoms with van der Waals surface area (Å²) in [5.74, 6) is 0.985. The Hall–Kier alpha value is -1.95. The van der Waals surface area contributed by atoms with Crippen LogP contribution < -0.4 is 14.8 Å². The summed E-state index contributed by atoms with van der Waals surface area (Å²) < 4.78 is 10.5. The molecule has 1 amide bonds. The minimum Gasteiger partial charge on any atom is -0.454 e. The number of halogens is 2. The number of amides is 1. The fraction of sp³-hybridized carbons (Fsp3) is 0.235. The smallest absolute Gasteiger partial charge is 0.251 e. The lowest BCUT2D eigenvalue weighted by Gasteiger charge is -2.12. The highest BCUT2D eigenvalue weighted by molar-refractivity contribution is 6.35. The first-order valence-electron chi connectivity index (χ1n) is 7.35. The van der Waals surface area contributed by atoms with Crippen molar-refractivity contribution in [2.45, 2.75) is 12.5 Å². The van der Waals surface area contributed by atoms with E-state index in [-0.39, 0.29) is 12.7 Å². The first-order valence-corrected chi connectivity index (χ1v) is 8.10. The Bertz CT molecular complexity index is 746. The Morgan fingerprint density at radius 1 is 1.12 bits per heavy atom. The highest BCUT2D eigenvalue weighted by atomic mass is 35.5. The molecule has 1 aliphatic rings. The van der Waals surface area contributed by atoms with Crippen molar-refractivity contribution in [2.75, 3.05) is 13.3 Å². The maximum Gasteiger partial charge on any atom is 0.251 e. The average Bonchev–Trinajstić information content (AvgIpc) is 3.01. The molecule has 0 fully saturated rings. The van der Waals surface area contributed by atoms with Gasteiger partial charge in [0.2, 0.25) is 6.79 Å². The minimum atomic E-state index is -0.720. The number of hydrogen-bond donors (Lipinski definition) is 2. The second-order valence-corrected chi connectivity index (χ2v) is 6.20. The molecule has 1 heterocycles. The quantitative estimate of drug-likeness (QED) is 0.847. The van der Waals surface area contributed by atoms with E-state index < -0.39 is 6.10 Å². The van der Waals surface area contributed by atoms with Crippen LogP contribution in [0.2, 0.25) is 10.0 Å². The molecule has 0 bridgehead atoms. The van der Waals surface area contributed by atoms with Crippen LogP contribution in [0.25, 0.3) is 0 Å². The third-order valence-corrected chi connectivity index (χ3v) is 4.05. The summed E-state index contributed by atoms with van der Waals surface area (Å²) in [6.07, 6.45) is -0.359. The number of rotatable bonds is 5. The third kappa shape index (κ3) is 3.93. The molecule has 1 unspecified atom stereocenters. The van der Waals surface area contributed by atoms with Crippen molar-refractivity contribution in [2.24, 2.45) is 0 Å². The molecule has 2 aromatic carbocycles. The van der Waals surface area contributed by atoms with E-state index in [1.807, 2.05) is 0 Å². The van der Waals surface area contributed by atoms with Gasteiger partial charge in [-0.1, -0.05) is 29.3 Å². The summed E-state index contributed by atoms with van der Waals surface area (Å²) >= 11 is 11.8. The molecule has 2 N–H and O–H groups in total. The number of aliphatic hydroxyl groups excluding tert-OH is 1. The lowest BCUT2D eigenvalue weighted by molar-refractivity contribution is 0.0942. The second-order valence-electron chi connectivity index (χ2n) is 5.33. The number of nitrogens with one attached hydrogen (secondary N) is 1. The predicted octanol–water partition coefficient (Wildman–Crippen LogP) is 3.58. The van der Waals surface area contributed by atoms with Gasteiger partial charge in [0.05, 0.1) is 6.10 Å². The molecule has 0 aliphatic carbocycles. The van der Waals surface area contributed by atoms with Crippen LogP contribution in [0.1, 0.15) is 28.4 Å². The Kier molecular flexibility index (Phi) is 5.14. The average molecular weight is 368 g/mol. The Balaban J connectivity index is 1.55. The molecule has 1 atom stereocenters. The van der Waals surface area contributed by atoms with E-state index in [1.165, 1.54) is 12.1 Å². The van der Waals surface area contributed by atoms with Gasteiger partial charge in [-0.2, -0.15) is 0 Å². The minimum absolute atomic E-state index is 0.188. The summed E-state index contributed by atoms with van der Waals surface area (Å²) in [4.78, 5) is 12.1. The lowest BCUT2D eigenvalue weighted by atomic mass is 10.1. The molecule has 7 heteroatoms. The zero-order valence-corrected chi connectivity index (χ0v) is 14.1. The van der Waals surface area contributed by atoms with Crippen molar-refractivity contribution < 1.29 is 19.4 Å². The second kappa shape index (κ2) is 7.30. The molecule has 0 aromatic heterocycles. The largest absolute Gasteiger partial charge is 0.454 e. The van der Waals surface area contributed by atoms with Crippen molar-refractivity contribution in [1.29, 1.82) is 0 Å². The van der Waals surface area contributed by atoms with E-state index in [1.54, 1.807) is 24.3 Å². The van der Waals surface area contributed by atoms with Gasteiger partial charge in [-0.25, -0.2) is 0 Å². The Morgan fingerprint density at radius 3 is 2.58 bits per heavy atom. The standard InChI is InChI=1S/C17H15Cl2NO4/c18-12-5-11(6-13(19)8-12)17(22)20-4-3-14(21)10-1-2-15-16(7-10)24-9-23-15/h1-2,5-8,14,21H,3-4,9H2,(H,20,22). The monoisotopic (exact) mass is 367 g/mol. The van der Waals surface area contributed by atoms with Crippen LogP contribution in [0.3, 0.4) is 0 Å². The lowest BCUT2D eigenvalue weighted by Crippen LogP contribution is -2.25. The number of hydrogen-bond acceptors (Lipinski definition) is 4. The fourth-order valence-corrected chi connectivity index (χ4v) is 2.92. The number of benzene rings is 2. The molecule has 3 rings (SSSR count). The zero-order valence-electron chi connectivity index (χ0n) is 12.6. The van der Waals surface area contributed by atoms with Crippen molar-refractivity contribution >= 4 is 29.1 Å². The van der Waals surface area contributed by atoms with Crippen LogP contribution in [-0.4, -0.2) is 24.4 Å². The number of carbonyl (C=O) groups excluding carboxylic acids is 1. The predicted molar refractivity (Wildman–Crippen MR) is 90.9 cm³/mol. The summed E-state index contributed by atoms with van der Waals surface area (Å²) in [6.45, 7) is 0.492. The molecule has 0 radical (unpaired) electrons. The topological polar surface area (TPSA) is 67.8 Å². The summed E-state index contributed by atoms with van der Waals surface area (Å²) in [5, 5.41) is 13.8. The van der Waals surface area contributed by atoms with Gasteiger partial charge in [-0.05, 0) is 42.3 Å².